The SMILES string of the molecule is O=C(OCn1cc(F)c(=O)n(COC(=O)c2cccnc2)c1=O)c1cccnc1. The number of pyridine rings is 2. The second-order valence-electron chi connectivity index (χ2n) is 5.57. The van der Waals surface area contributed by atoms with Crippen molar-refractivity contribution in [1.82, 2.24) is 19.1 Å². The average Bonchev–Trinajstić information content (AvgIpc) is 2.76. The van der Waals surface area contributed by atoms with Crippen molar-refractivity contribution in [3.63, 3.8) is 0 Å². The smallest absolute Gasteiger partial charge is 0.341 e. The van der Waals surface area contributed by atoms with Gasteiger partial charge in [-0.2, -0.15) is 4.39 Å². The normalized spacial score (nSPS) is 10.4. The molecule has 0 aliphatic heterocycles. The number of ether oxygens (including phenoxy) is 2. The molecule has 3 rings (SSSR count). The van der Waals surface area contributed by atoms with E-state index in [1.54, 1.807) is 0 Å². The Hall–Kier alpha value is -4.15. The molecule has 0 amide bonds. The third-order valence-corrected chi connectivity index (χ3v) is 3.65. The molecule has 3 aromatic heterocycles. The number of carbonyl (C=O) groups is 2. The summed E-state index contributed by atoms with van der Waals surface area (Å²) in [5.41, 5.74) is -2.11. The largest absolute Gasteiger partial charge is 0.440 e. The molecule has 0 aliphatic carbocycles. The van der Waals surface area contributed by atoms with Gasteiger partial charge in [0, 0.05) is 24.8 Å². The Bertz CT molecular complexity index is 1140. The molecule has 0 spiro atoms. The van der Waals surface area contributed by atoms with Gasteiger partial charge in [0.2, 0.25) is 5.82 Å². The van der Waals surface area contributed by atoms with Gasteiger partial charge in [0.25, 0.3) is 5.56 Å². The molecule has 0 radical (unpaired) electrons. The molecule has 10 nitrogen and oxygen atoms in total. The van der Waals surface area contributed by atoms with Gasteiger partial charge < -0.3 is 9.47 Å². The van der Waals surface area contributed by atoms with Crippen LogP contribution in [-0.2, 0) is 22.9 Å². The van der Waals surface area contributed by atoms with Gasteiger partial charge in [0.1, 0.15) is 0 Å². The minimum Gasteiger partial charge on any atom is -0.440 e. The Morgan fingerprint density at radius 1 is 0.931 bits per heavy atom. The van der Waals surface area contributed by atoms with Crippen molar-refractivity contribution in [2.45, 2.75) is 13.5 Å². The highest BCUT2D eigenvalue weighted by Crippen LogP contribution is 2.01. The van der Waals surface area contributed by atoms with Crippen LogP contribution in [0.2, 0.25) is 0 Å². The topological polar surface area (TPSA) is 122 Å². The van der Waals surface area contributed by atoms with Crippen molar-refractivity contribution in [2.75, 3.05) is 0 Å². The van der Waals surface area contributed by atoms with Gasteiger partial charge in [-0.3, -0.25) is 19.3 Å². The first kappa shape index (κ1) is 19.6. The molecule has 0 saturated heterocycles. The highest BCUT2D eigenvalue weighted by atomic mass is 19.1. The maximum absolute atomic E-state index is 13.9. The van der Waals surface area contributed by atoms with E-state index in [2.05, 4.69) is 9.97 Å². The summed E-state index contributed by atoms with van der Waals surface area (Å²) in [6.07, 6.45) is 5.98. The van der Waals surface area contributed by atoms with E-state index in [-0.39, 0.29) is 11.1 Å². The first-order valence-electron chi connectivity index (χ1n) is 8.11. The molecule has 0 N–H and O–H groups in total. The number of hydrogen-bond donors (Lipinski definition) is 0. The van der Waals surface area contributed by atoms with Gasteiger partial charge in [-0.1, -0.05) is 0 Å². The van der Waals surface area contributed by atoms with Gasteiger partial charge in [-0.15, -0.1) is 0 Å². The quantitative estimate of drug-likeness (QED) is 0.551. The summed E-state index contributed by atoms with van der Waals surface area (Å²) in [6, 6.07) is 5.87. The van der Waals surface area contributed by atoms with Crippen LogP contribution in [0.15, 0.2) is 64.8 Å². The maximum Gasteiger partial charge on any atom is 0.341 e. The van der Waals surface area contributed by atoms with Crippen molar-refractivity contribution in [3.05, 3.63) is 93.0 Å². The Labute approximate surface area is 161 Å². The molecule has 0 aliphatic rings. The first-order chi connectivity index (χ1) is 14.0. The van der Waals surface area contributed by atoms with Crippen LogP contribution >= 0.6 is 0 Å². The lowest BCUT2D eigenvalue weighted by atomic mass is 10.3. The van der Waals surface area contributed by atoms with Crippen LogP contribution in [-0.4, -0.2) is 31.0 Å². The second kappa shape index (κ2) is 8.69. The molecular formula is C18H13FN4O6. The van der Waals surface area contributed by atoms with Crippen molar-refractivity contribution >= 4 is 11.9 Å². The molecule has 148 valence electrons. The van der Waals surface area contributed by atoms with Crippen LogP contribution in [0.3, 0.4) is 0 Å². The third kappa shape index (κ3) is 4.58. The molecule has 0 saturated carbocycles. The standard InChI is InChI=1S/C18H13FN4O6/c19-14-9-22(10-28-16(25)12-3-1-5-20-7-12)18(27)23(15(14)24)11-29-17(26)13-4-2-6-21-8-13/h1-9H,10-11H2. The summed E-state index contributed by atoms with van der Waals surface area (Å²) in [6.45, 7) is -1.50. The third-order valence-electron chi connectivity index (χ3n) is 3.65. The minimum absolute atomic E-state index is 0.0858. The van der Waals surface area contributed by atoms with E-state index in [4.69, 9.17) is 9.47 Å². The molecule has 0 fully saturated rings. The molecule has 0 aromatic carbocycles. The van der Waals surface area contributed by atoms with E-state index in [1.165, 1.54) is 49.1 Å². The zero-order valence-corrected chi connectivity index (χ0v) is 14.7. The van der Waals surface area contributed by atoms with Crippen LogP contribution in [0.5, 0.6) is 0 Å². The van der Waals surface area contributed by atoms with Crippen molar-refractivity contribution < 1.29 is 23.5 Å². The van der Waals surface area contributed by atoms with E-state index in [1.807, 2.05) is 0 Å². The first-order valence-corrected chi connectivity index (χ1v) is 8.11. The number of rotatable bonds is 6. The number of carbonyl (C=O) groups excluding carboxylic acids is 2. The molecular weight excluding hydrogens is 387 g/mol. The molecule has 0 unspecified atom stereocenters. The average molecular weight is 400 g/mol. The Morgan fingerprint density at radius 3 is 2.00 bits per heavy atom. The highest BCUT2D eigenvalue weighted by Gasteiger charge is 2.15. The van der Waals surface area contributed by atoms with E-state index >= 15 is 0 Å². The fourth-order valence-corrected chi connectivity index (χ4v) is 2.21. The number of halogens is 1. The Morgan fingerprint density at radius 2 is 1.48 bits per heavy atom. The molecule has 0 atom stereocenters. The van der Waals surface area contributed by atoms with E-state index in [0.717, 1.165) is 0 Å². The fraction of sp³-hybridized carbons (Fsp3) is 0.111. The van der Waals surface area contributed by atoms with Gasteiger partial charge in [-0.05, 0) is 24.3 Å². The minimum atomic E-state index is -1.29. The van der Waals surface area contributed by atoms with Gasteiger partial charge in [-0.25, -0.2) is 19.0 Å². The predicted octanol–water partition coefficient (Wildman–Crippen LogP) is 0.568. The van der Waals surface area contributed by atoms with Crippen LogP contribution in [0.25, 0.3) is 0 Å². The molecule has 3 aromatic rings. The monoisotopic (exact) mass is 400 g/mol. The van der Waals surface area contributed by atoms with E-state index < -0.39 is 42.5 Å². The van der Waals surface area contributed by atoms with Crippen molar-refractivity contribution in [2.24, 2.45) is 0 Å². The van der Waals surface area contributed by atoms with Gasteiger partial charge in [0.15, 0.2) is 13.5 Å². The van der Waals surface area contributed by atoms with E-state index in [9.17, 15) is 23.6 Å². The lowest BCUT2D eigenvalue weighted by Crippen LogP contribution is -2.42. The second-order valence-corrected chi connectivity index (χ2v) is 5.57. The lowest BCUT2D eigenvalue weighted by Gasteiger charge is -2.11. The van der Waals surface area contributed by atoms with Gasteiger partial charge >= 0.3 is 17.6 Å². The summed E-state index contributed by atoms with van der Waals surface area (Å²) in [7, 11) is 0. The van der Waals surface area contributed by atoms with Crippen LogP contribution in [0, 0.1) is 5.82 Å². The molecule has 3 heterocycles. The van der Waals surface area contributed by atoms with Crippen LogP contribution in [0.4, 0.5) is 4.39 Å². The highest BCUT2D eigenvalue weighted by molar-refractivity contribution is 5.89. The number of hydrogen-bond acceptors (Lipinski definition) is 8. The Kier molecular flexibility index (Phi) is 5.88. The summed E-state index contributed by atoms with van der Waals surface area (Å²) in [5.74, 6) is -2.95. The molecule has 0 bridgehead atoms. The predicted molar refractivity (Wildman–Crippen MR) is 94.2 cm³/mol. The summed E-state index contributed by atoms with van der Waals surface area (Å²) in [4.78, 5) is 55.6. The fourth-order valence-electron chi connectivity index (χ4n) is 2.21. The lowest BCUT2D eigenvalue weighted by molar-refractivity contribution is 0.0315. The number of nitrogens with zero attached hydrogens (tertiary/aromatic N) is 4. The van der Waals surface area contributed by atoms with Crippen LogP contribution < -0.4 is 11.2 Å². The summed E-state index contributed by atoms with van der Waals surface area (Å²) < 4.78 is 24.7. The molecule has 29 heavy (non-hydrogen) atoms. The maximum atomic E-state index is 13.9. The van der Waals surface area contributed by atoms with Crippen LogP contribution in [0.1, 0.15) is 20.7 Å². The summed E-state index contributed by atoms with van der Waals surface area (Å²) >= 11 is 0. The Balaban J connectivity index is 1.76. The van der Waals surface area contributed by atoms with Crippen molar-refractivity contribution in [3.8, 4) is 0 Å². The zero-order chi connectivity index (χ0) is 20.8. The van der Waals surface area contributed by atoms with Gasteiger partial charge in [0.05, 0.1) is 17.3 Å². The number of aromatic nitrogens is 4. The van der Waals surface area contributed by atoms with E-state index in [0.29, 0.717) is 15.3 Å². The summed E-state index contributed by atoms with van der Waals surface area (Å²) in [5, 5.41) is 0. The van der Waals surface area contributed by atoms with Crippen molar-refractivity contribution in [1.29, 1.82) is 0 Å². The number of esters is 2. The zero-order valence-electron chi connectivity index (χ0n) is 14.7. The molecule has 11 heteroatoms.